The smallest absolute Gasteiger partial charge is 0.182 e. The van der Waals surface area contributed by atoms with Gasteiger partial charge in [0.2, 0.25) is 0 Å². The molecule has 0 spiro atoms. The van der Waals surface area contributed by atoms with Crippen LogP contribution in [0.2, 0.25) is 0 Å². The second kappa shape index (κ2) is 6.97. The zero-order chi connectivity index (χ0) is 10.1. The quantitative estimate of drug-likeness (QED) is 0.238. The van der Waals surface area contributed by atoms with Gasteiger partial charge < -0.3 is 4.98 Å². The van der Waals surface area contributed by atoms with Gasteiger partial charge in [0.05, 0.1) is 12.1 Å². The lowest BCUT2D eigenvalue weighted by Crippen LogP contribution is -2.01. The lowest BCUT2D eigenvalue weighted by Gasteiger charge is -1.95. The molecule has 0 saturated heterocycles. The third-order valence-corrected chi connectivity index (χ3v) is 2.33. The van der Waals surface area contributed by atoms with Crippen molar-refractivity contribution in [1.29, 1.82) is 5.26 Å². The standard InChI is InChI=1S/C8H11N5S/c9-6-11-7-10-3-4-14-5-8-12-1-2-13-8/h1-2,7H,3-5H2,(H,10,11)(H,12,13). The Labute approximate surface area is 86.6 Å². The maximum atomic E-state index is 8.12. The zero-order valence-corrected chi connectivity index (χ0v) is 8.42. The van der Waals surface area contributed by atoms with E-state index in [1.54, 1.807) is 24.2 Å². The molecule has 0 radical (unpaired) electrons. The average Bonchev–Trinajstić information content (AvgIpc) is 2.69. The van der Waals surface area contributed by atoms with Gasteiger partial charge in [0.1, 0.15) is 5.82 Å². The molecule has 1 rings (SSSR count). The van der Waals surface area contributed by atoms with Gasteiger partial charge in [-0.25, -0.2) is 4.98 Å². The van der Waals surface area contributed by atoms with E-state index in [0.29, 0.717) is 6.54 Å². The topological polar surface area (TPSA) is 76.9 Å². The molecule has 0 atom stereocenters. The highest BCUT2D eigenvalue weighted by molar-refractivity contribution is 7.98. The van der Waals surface area contributed by atoms with E-state index in [1.807, 2.05) is 6.20 Å². The van der Waals surface area contributed by atoms with Crippen molar-refractivity contribution < 1.29 is 0 Å². The molecule has 14 heavy (non-hydrogen) atoms. The summed E-state index contributed by atoms with van der Waals surface area (Å²) in [5.74, 6) is 2.77. The van der Waals surface area contributed by atoms with Crippen LogP contribution in [0.5, 0.6) is 0 Å². The van der Waals surface area contributed by atoms with Crippen molar-refractivity contribution in [2.24, 2.45) is 4.99 Å². The molecular weight excluding hydrogens is 198 g/mol. The summed E-state index contributed by atoms with van der Waals surface area (Å²) in [6.07, 6.45) is 6.72. The summed E-state index contributed by atoms with van der Waals surface area (Å²) < 4.78 is 0. The van der Waals surface area contributed by atoms with E-state index in [4.69, 9.17) is 5.26 Å². The Morgan fingerprint density at radius 2 is 2.71 bits per heavy atom. The van der Waals surface area contributed by atoms with Gasteiger partial charge in [-0.2, -0.15) is 17.0 Å². The third kappa shape index (κ3) is 4.52. The van der Waals surface area contributed by atoms with Crippen LogP contribution in [0.4, 0.5) is 0 Å². The summed E-state index contributed by atoms with van der Waals surface area (Å²) in [5.41, 5.74) is 0. The third-order valence-electron chi connectivity index (χ3n) is 1.38. The number of aromatic amines is 1. The van der Waals surface area contributed by atoms with Crippen LogP contribution in [0.3, 0.4) is 0 Å². The first-order valence-electron chi connectivity index (χ1n) is 4.12. The number of imidazole rings is 1. The highest BCUT2D eigenvalue weighted by Gasteiger charge is 1.93. The van der Waals surface area contributed by atoms with E-state index >= 15 is 0 Å². The van der Waals surface area contributed by atoms with Crippen molar-refractivity contribution >= 4 is 18.1 Å². The largest absolute Gasteiger partial charge is 0.348 e. The molecule has 5 nitrogen and oxygen atoms in total. The molecule has 0 amide bonds. The molecule has 1 aromatic heterocycles. The summed E-state index contributed by atoms with van der Waals surface area (Å²) in [7, 11) is 0. The van der Waals surface area contributed by atoms with Crippen molar-refractivity contribution in [3.63, 3.8) is 0 Å². The van der Waals surface area contributed by atoms with Gasteiger partial charge in [-0.05, 0) is 0 Å². The Balaban J connectivity index is 1.98. The first-order chi connectivity index (χ1) is 6.93. The number of aliphatic imine (C=N–C) groups is 1. The van der Waals surface area contributed by atoms with Crippen molar-refractivity contribution in [3.05, 3.63) is 18.2 Å². The van der Waals surface area contributed by atoms with Gasteiger partial charge in [0, 0.05) is 24.7 Å². The molecule has 0 saturated carbocycles. The van der Waals surface area contributed by atoms with Gasteiger partial charge in [-0.1, -0.05) is 0 Å². The van der Waals surface area contributed by atoms with Gasteiger partial charge >= 0.3 is 0 Å². The number of aromatic nitrogens is 2. The van der Waals surface area contributed by atoms with Crippen LogP contribution < -0.4 is 5.32 Å². The summed E-state index contributed by atoms with van der Waals surface area (Å²) >= 11 is 1.75. The van der Waals surface area contributed by atoms with Crippen LogP contribution in [0.15, 0.2) is 17.4 Å². The van der Waals surface area contributed by atoms with Crippen molar-refractivity contribution in [3.8, 4) is 6.19 Å². The van der Waals surface area contributed by atoms with E-state index in [-0.39, 0.29) is 0 Å². The van der Waals surface area contributed by atoms with Crippen LogP contribution >= 0.6 is 11.8 Å². The maximum absolute atomic E-state index is 8.12. The Morgan fingerprint density at radius 1 is 1.79 bits per heavy atom. The van der Waals surface area contributed by atoms with Gasteiger partial charge in [0.15, 0.2) is 6.19 Å². The molecule has 0 unspecified atom stereocenters. The molecule has 0 aromatic carbocycles. The Hall–Kier alpha value is -1.48. The molecule has 0 fully saturated rings. The Bertz CT molecular complexity index is 300. The van der Waals surface area contributed by atoms with Crippen LogP contribution in [-0.4, -0.2) is 28.6 Å². The summed E-state index contributed by atoms with van der Waals surface area (Å²) in [5, 5.41) is 10.5. The predicted octanol–water partition coefficient (Wildman–Crippen LogP) is 0.742. The van der Waals surface area contributed by atoms with Crippen molar-refractivity contribution in [2.45, 2.75) is 5.75 Å². The number of hydrogen-bond donors (Lipinski definition) is 2. The molecule has 2 N–H and O–H groups in total. The minimum Gasteiger partial charge on any atom is -0.348 e. The fraction of sp³-hybridized carbons (Fsp3) is 0.375. The van der Waals surface area contributed by atoms with Crippen LogP contribution in [0, 0.1) is 11.5 Å². The van der Waals surface area contributed by atoms with Gasteiger partial charge in [0.25, 0.3) is 0 Å². The fourth-order valence-electron chi connectivity index (χ4n) is 0.802. The highest BCUT2D eigenvalue weighted by atomic mass is 32.2. The maximum Gasteiger partial charge on any atom is 0.182 e. The molecule has 1 aromatic rings. The lowest BCUT2D eigenvalue weighted by molar-refractivity contribution is 1.10. The molecule has 0 aliphatic heterocycles. The molecule has 1 heterocycles. The normalized spacial score (nSPS) is 10.2. The molecule has 6 heteroatoms. The predicted molar refractivity (Wildman–Crippen MR) is 56.9 cm³/mol. The number of rotatable bonds is 6. The highest BCUT2D eigenvalue weighted by Crippen LogP contribution is 2.06. The van der Waals surface area contributed by atoms with Crippen LogP contribution in [0.25, 0.3) is 0 Å². The molecule has 0 bridgehead atoms. The second-order valence-corrected chi connectivity index (χ2v) is 3.49. The number of hydrogen-bond acceptors (Lipinski definition) is 4. The number of H-pyrrole nitrogens is 1. The average molecular weight is 209 g/mol. The van der Waals surface area contributed by atoms with Crippen molar-refractivity contribution in [2.75, 3.05) is 12.3 Å². The summed E-state index contributed by atoms with van der Waals surface area (Å²) in [6.45, 7) is 0.708. The van der Waals surface area contributed by atoms with E-state index in [2.05, 4.69) is 20.3 Å². The fourth-order valence-corrected chi connectivity index (χ4v) is 1.53. The van der Waals surface area contributed by atoms with Crippen molar-refractivity contribution in [1.82, 2.24) is 15.3 Å². The van der Waals surface area contributed by atoms with Crippen LogP contribution in [-0.2, 0) is 5.75 Å². The monoisotopic (exact) mass is 209 g/mol. The van der Waals surface area contributed by atoms with Gasteiger partial charge in [-0.3, -0.25) is 10.3 Å². The molecule has 0 aliphatic carbocycles. The molecule has 0 aliphatic rings. The number of thioether (sulfide) groups is 1. The van der Waals surface area contributed by atoms with E-state index < -0.39 is 0 Å². The first-order valence-corrected chi connectivity index (χ1v) is 5.28. The number of nitrogens with zero attached hydrogens (tertiary/aromatic N) is 3. The Kier molecular flexibility index (Phi) is 5.28. The summed E-state index contributed by atoms with van der Waals surface area (Å²) in [4.78, 5) is 11.1. The first kappa shape index (κ1) is 10.6. The lowest BCUT2D eigenvalue weighted by atomic mass is 10.7. The summed E-state index contributed by atoms with van der Waals surface area (Å²) in [6, 6.07) is 0. The van der Waals surface area contributed by atoms with Gasteiger partial charge in [-0.15, -0.1) is 0 Å². The molecule has 74 valence electrons. The minimum atomic E-state index is 0.708. The number of nitrogens with one attached hydrogen (secondary N) is 2. The van der Waals surface area contributed by atoms with E-state index in [1.165, 1.54) is 6.34 Å². The number of nitriles is 1. The Morgan fingerprint density at radius 3 is 3.43 bits per heavy atom. The SMILES string of the molecule is N#CNC=NCCSCc1ncc[nH]1. The minimum absolute atomic E-state index is 0.708. The second-order valence-electron chi connectivity index (χ2n) is 2.38. The van der Waals surface area contributed by atoms with Crippen LogP contribution in [0.1, 0.15) is 5.82 Å². The zero-order valence-electron chi connectivity index (χ0n) is 7.60. The van der Waals surface area contributed by atoms with E-state index in [0.717, 1.165) is 17.3 Å². The molecular formula is C8H11N5S. The van der Waals surface area contributed by atoms with E-state index in [9.17, 15) is 0 Å².